The molecule has 0 aliphatic heterocycles. The Morgan fingerprint density at radius 2 is 1.55 bits per heavy atom. The van der Waals surface area contributed by atoms with Crippen LogP contribution in [0.1, 0.15) is 39.5 Å². The minimum atomic E-state index is -2.86. The average molecular weight is 393 g/mol. The second kappa shape index (κ2) is 11.2. The van der Waals surface area contributed by atoms with Gasteiger partial charge in [-0.15, -0.1) is 0 Å². The summed E-state index contributed by atoms with van der Waals surface area (Å²) in [6.45, 7) is 5.24. The SMILES string of the molecule is CCOP(=O)(CCCCCCOc1ccc(Br)cc1)OCC. The molecule has 0 heterocycles. The molecule has 0 unspecified atom stereocenters. The summed E-state index contributed by atoms with van der Waals surface area (Å²) in [5.41, 5.74) is 0. The molecule has 0 amide bonds. The van der Waals surface area contributed by atoms with E-state index >= 15 is 0 Å². The summed E-state index contributed by atoms with van der Waals surface area (Å²) in [4.78, 5) is 0. The van der Waals surface area contributed by atoms with Crippen molar-refractivity contribution in [1.29, 1.82) is 0 Å². The summed E-state index contributed by atoms with van der Waals surface area (Å²) in [7, 11) is -2.86. The molecule has 126 valence electrons. The van der Waals surface area contributed by atoms with E-state index in [-0.39, 0.29) is 0 Å². The third-order valence-corrected chi connectivity index (χ3v) is 5.76. The first kappa shape index (κ1) is 19.7. The third-order valence-electron chi connectivity index (χ3n) is 3.06. The molecule has 0 saturated carbocycles. The highest BCUT2D eigenvalue weighted by Gasteiger charge is 2.22. The van der Waals surface area contributed by atoms with Crippen LogP contribution >= 0.6 is 23.5 Å². The van der Waals surface area contributed by atoms with E-state index in [2.05, 4.69) is 15.9 Å². The predicted molar refractivity (Wildman–Crippen MR) is 93.8 cm³/mol. The first-order chi connectivity index (χ1) is 10.6. The molecule has 0 aromatic heterocycles. The summed E-state index contributed by atoms with van der Waals surface area (Å²) in [5, 5.41) is 0. The van der Waals surface area contributed by atoms with E-state index in [1.54, 1.807) is 0 Å². The zero-order valence-corrected chi connectivity index (χ0v) is 15.9. The topological polar surface area (TPSA) is 44.8 Å². The number of unbranched alkanes of at least 4 members (excludes halogenated alkanes) is 3. The van der Waals surface area contributed by atoms with Crippen molar-refractivity contribution >= 4 is 23.5 Å². The first-order valence-corrected chi connectivity index (χ1v) is 10.4. The van der Waals surface area contributed by atoms with Crippen LogP contribution in [0.4, 0.5) is 0 Å². The predicted octanol–water partition coefficient (Wildman–Crippen LogP) is 5.65. The molecule has 0 atom stereocenters. The molecule has 0 fully saturated rings. The van der Waals surface area contributed by atoms with Gasteiger partial charge in [0.2, 0.25) is 0 Å². The molecule has 6 heteroatoms. The maximum atomic E-state index is 12.2. The molecule has 1 aromatic rings. The van der Waals surface area contributed by atoms with Gasteiger partial charge in [-0.25, -0.2) is 0 Å². The van der Waals surface area contributed by atoms with Crippen LogP contribution in [-0.4, -0.2) is 26.0 Å². The molecular formula is C16H26BrO4P. The van der Waals surface area contributed by atoms with Gasteiger partial charge in [0.25, 0.3) is 0 Å². The van der Waals surface area contributed by atoms with Crippen molar-refractivity contribution in [2.24, 2.45) is 0 Å². The van der Waals surface area contributed by atoms with Crippen LogP contribution in [0.15, 0.2) is 28.7 Å². The van der Waals surface area contributed by atoms with E-state index in [1.165, 1.54) is 0 Å². The Kier molecular flexibility index (Phi) is 10.1. The van der Waals surface area contributed by atoms with Crippen molar-refractivity contribution in [1.82, 2.24) is 0 Å². The van der Waals surface area contributed by atoms with E-state index in [0.29, 0.717) is 26.0 Å². The van der Waals surface area contributed by atoms with Gasteiger partial charge in [-0.05, 0) is 51.0 Å². The molecule has 4 nitrogen and oxygen atoms in total. The maximum absolute atomic E-state index is 12.2. The van der Waals surface area contributed by atoms with Gasteiger partial charge in [0, 0.05) is 4.47 Å². The minimum absolute atomic E-state index is 0.429. The monoisotopic (exact) mass is 392 g/mol. The van der Waals surface area contributed by atoms with Gasteiger partial charge in [0.1, 0.15) is 5.75 Å². The van der Waals surface area contributed by atoms with Crippen LogP contribution in [0.2, 0.25) is 0 Å². The average Bonchev–Trinajstić information content (AvgIpc) is 2.48. The Balaban J connectivity index is 2.09. The number of ether oxygens (including phenoxy) is 1. The Hall–Kier alpha value is -0.350. The smallest absolute Gasteiger partial charge is 0.330 e. The lowest BCUT2D eigenvalue weighted by molar-refractivity contribution is 0.219. The standard InChI is InChI=1S/C16H26BrO4P/c1-3-20-22(18,21-4-2)14-8-6-5-7-13-19-16-11-9-15(17)10-12-16/h9-12H,3-8,13-14H2,1-2H3. The van der Waals surface area contributed by atoms with Crippen molar-refractivity contribution < 1.29 is 18.3 Å². The summed E-state index contributed by atoms with van der Waals surface area (Å²) < 4.78 is 29.5. The van der Waals surface area contributed by atoms with Crippen LogP contribution in [0.25, 0.3) is 0 Å². The molecule has 1 aromatic carbocycles. The fraction of sp³-hybridized carbons (Fsp3) is 0.625. The zero-order chi connectivity index (χ0) is 16.3. The molecule has 0 spiro atoms. The van der Waals surface area contributed by atoms with E-state index in [4.69, 9.17) is 13.8 Å². The largest absolute Gasteiger partial charge is 0.494 e. The zero-order valence-electron chi connectivity index (χ0n) is 13.4. The molecule has 0 N–H and O–H groups in total. The minimum Gasteiger partial charge on any atom is -0.494 e. The van der Waals surface area contributed by atoms with Gasteiger partial charge in [-0.1, -0.05) is 28.8 Å². The van der Waals surface area contributed by atoms with Crippen molar-refractivity contribution in [2.75, 3.05) is 26.0 Å². The second-order valence-corrected chi connectivity index (χ2v) is 7.99. The Labute approximate surface area is 142 Å². The van der Waals surface area contributed by atoms with Gasteiger partial charge in [-0.2, -0.15) is 0 Å². The van der Waals surface area contributed by atoms with Crippen LogP contribution in [0, 0.1) is 0 Å². The van der Waals surface area contributed by atoms with Crippen LogP contribution in [-0.2, 0) is 13.6 Å². The van der Waals surface area contributed by atoms with E-state index in [9.17, 15) is 4.57 Å². The number of halogens is 1. The molecule has 0 bridgehead atoms. The highest BCUT2D eigenvalue weighted by molar-refractivity contribution is 9.10. The lowest BCUT2D eigenvalue weighted by Crippen LogP contribution is -2.01. The van der Waals surface area contributed by atoms with Gasteiger partial charge in [-0.3, -0.25) is 4.57 Å². The lowest BCUT2D eigenvalue weighted by Gasteiger charge is -2.16. The van der Waals surface area contributed by atoms with Crippen molar-refractivity contribution in [2.45, 2.75) is 39.5 Å². The van der Waals surface area contributed by atoms with E-state index < -0.39 is 7.60 Å². The summed E-state index contributed by atoms with van der Waals surface area (Å²) in [6, 6.07) is 7.83. The summed E-state index contributed by atoms with van der Waals surface area (Å²) >= 11 is 3.39. The van der Waals surface area contributed by atoms with E-state index in [1.807, 2.05) is 38.1 Å². The first-order valence-electron chi connectivity index (χ1n) is 7.86. The molecule has 22 heavy (non-hydrogen) atoms. The fourth-order valence-electron chi connectivity index (χ4n) is 2.04. The van der Waals surface area contributed by atoms with Gasteiger partial charge >= 0.3 is 7.60 Å². The molecule has 0 radical (unpaired) electrons. The summed E-state index contributed by atoms with van der Waals surface area (Å²) in [6.07, 6.45) is 4.41. The lowest BCUT2D eigenvalue weighted by atomic mass is 10.2. The fourth-order valence-corrected chi connectivity index (χ4v) is 4.04. The number of benzene rings is 1. The number of hydrogen-bond acceptors (Lipinski definition) is 4. The maximum Gasteiger partial charge on any atom is 0.330 e. The molecular weight excluding hydrogens is 367 g/mol. The molecule has 0 aliphatic rings. The van der Waals surface area contributed by atoms with Crippen LogP contribution in [0.5, 0.6) is 5.75 Å². The molecule has 0 saturated heterocycles. The highest BCUT2D eigenvalue weighted by Crippen LogP contribution is 2.48. The quantitative estimate of drug-likeness (QED) is 0.340. The molecule has 1 rings (SSSR count). The second-order valence-electron chi connectivity index (χ2n) is 4.89. The Morgan fingerprint density at radius 1 is 0.955 bits per heavy atom. The number of rotatable bonds is 12. The van der Waals surface area contributed by atoms with Crippen LogP contribution in [0.3, 0.4) is 0 Å². The van der Waals surface area contributed by atoms with Gasteiger partial charge in [0.15, 0.2) is 0 Å². The third kappa shape index (κ3) is 8.33. The van der Waals surface area contributed by atoms with Gasteiger partial charge < -0.3 is 13.8 Å². The normalized spacial score (nSPS) is 11.6. The van der Waals surface area contributed by atoms with Gasteiger partial charge in [0.05, 0.1) is 26.0 Å². The Bertz CT molecular complexity index is 440. The van der Waals surface area contributed by atoms with Crippen LogP contribution < -0.4 is 4.74 Å². The van der Waals surface area contributed by atoms with E-state index in [0.717, 1.165) is 35.9 Å². The number of hydrogen-bond donors (Lipinski definition) is 0. The van der Waals surface area contributed by atoms with Crippen molar-refractivity contribution in [3.63, 3.8) is 0 Å². The van der Waals surface area contributed by atoms with Crippen molar-refractivity contribution in [3.8, 4) is 5.75 Å². The Morgan fingerprint density at radius 3 is 2.14 bits per heavy atom. The molecule has 0 aliphatic carbocycles. The summed E-state index contributed by atoms with van der Waals surface area (Å²) in [5.74, 6) is 0.889. The van der Waals surface area contributed by atoms with Crippen molar-refractivity contribution in [3.05, 3.63) is 28.7 Å². The highest BCUT2D eigenvalue weighted by atomic mass is 79.9.